The van der Waals surface area contributed by atoms with Gasteiger partial charge in [0.2, 0.25) is 0 Å². The van der Waals surface area contributed by atoms with Gasteiger partial charge >= 0.3 is 0 Å². The van der Waals surface area contributed by atoms with Crippen LogP contribution in [-0.2, 0) is 13.1 Å². The van der Waals surface area contributed by atoms with Gasteiger partial charge < -0.3 is 4.57 Å². The van der Waals surface area contributed by atoms with Crippen molar-refractivity contribution in [1.29, 1.82) is 0 Å². The molecular formula is C11H16N4. The maximum Gasteiger partial charge on any atom is 0.105 e. The molecule has 0 saturated heterocycles. The van der Waals surface area contributed by atoms with Crippen molar-refractivity contribution in [2.75, 3.05) is 0 Å². The molecule has 4 heteroatoms. The highest BCUT2D eigenvalue weighted by molar-refractivity contribution is 5.10. The molecule has 0 aliphatic carbocycles. The molecule has 2 aromatic rings. The van der Waals surface area contributed by atoms with Crippen molar-refractivity contribution >= 4 is 0 Å². The Bertz CT molecular complexity index is 453. The molecular weight excluding hydrogens is 188 g/mol. The first-order chi connectivity index (χ1) is 7.20. The molecule has 2 heterocycles. The van der Waals surface area contributed by atoms with E-state index in [1.807, 2.05) is 30.9 Å². The predicted molar refractivity (Wildman–Crippen MR) is 58.7 cm³/mol. The average Bonchev–Trinajstić information content (AvgIpc) is 2.75. The minimum absolute atomic E-state index is 0.848. The average molecular weight is 204 g/mol. The Morgan fingerprint density at radius 3 is 2.73 bits per heavy atom. The smallest absolute Gasteiger partial charge is 0.105 e. The summed E-state index contributed by atoms with van der Waals surface area (Å²) in [7, 11) is 0. The number of aryl methyl sites for hydroxylation is 3. The first-order valence-corrected chi connectivity index (χ1v) is 5.21. The van der Waals surface area contributed by atoms with Crippen LogP contribution in [0.25, 0.3) is 0 Å². The molecule has 15 heavy (non-hydrogen) atoms. The number of hydrogen-bond donors (Lipinski definition) is 0. The van der Waals surface area contributed by atoms with Crippen molar-refractivity contribution in [3.63, 3.8) is 0 Å². The van der Waals surface area contributed by atoms with Crippen LogP contribution in [0.2, 0.25) is 0 Å². The summed E-state index contributed by atoms with van der Waals surface area (Å²) >= 11 is 0. The van der Waals surface area contributed by atoms with E-state index in [0.717, 1.165) is 24.6 Å². The minimum atomic E-state index is 0.848. The van der Waals surface area contributed by atoms with E-state index in [2.05, 4.69) is 27.6 Å². The van der Waals surface area contributed by atoms with E-state index in [0.29, 0.717) is 0 Å². The zero-order chi connectivity index (χ0) is 10.8. The van der Waals surface area contributed by atoms with Crippen LogP contribution >= 0.6 is 0 Å². The molecule has 0 bridgehead atoms. The second-order valence-electron chi connectivity index (χ2n) is 3.70. The second-order valence-corrected chi connectivity index (χ2v) is 3.70. The van der Waals surface area contributed by atoms with Crippen LogP contribution < -0.4 is 0 Å². The van der Waals surface area contributed by atoms with Gasteiger partial charge in [-0.15, -0.1) is 0 Å². The van der Waals surface area contributed by atoms with Crippen LogP contribution in [0.4, 0.5) is 0 Å². The fourth-order valence-electron chi connectivity index (χ4n) is 1.75. The van der Waals surface area contributed by atoms with Gasteiger partial charge in [0.05, 0.1) is 17.9 Å². The van der Waals surface area contributed by atoms with Crippen molar-refractivity contribution in [3.8, 4) is 0 Å². The SMILES string of the molecule is CCn1nc(C)cc1Cn1ccnc1C. The zero-order valence-corrected chi connectivity index (χ0v) is 9.44. The molecule has 2 rings (SSSR count). The molecule has 0 unspecified atom stereocenters. The number of aromatic nitrogens is 4. The first kappa shape index (κ1) is 9.96. The number of imidazole rings is 1. The van der Waals surface area contributed by atoms with E-state index in [1.54, 1.807) is 0 Å². The molecule has 0 amide bonds. The second kappa shape index (κ2) is 3.88. The number of rotatable bonds is 3. The third-order valence-corrected chi connectivity index (χ3v) is 2.54. The maximum absolute atomic E-state index is 4.42. The molecule has 0 fully saturated rings. The van der Waals surface area contributed by atoms with Crippen molar-refractivity contribution in [3.05, 3.63) is 35.7 Å². The summed E-state index contributed by atoms with van der Waals surface area (Å²) in [6.07, 6.45) is 3.83. The summed E-state index contributed by atoms with van der Waals surface area (Å²) in [4.78, 5) is 4.21. The van der Waals surface area contributed by atoms with E-state index >= 15 is 0 Å². The lowest BCUT2D eigenvalue weighted by Crippen LogP contribution is -2.08. The van der Waals surface area contributed by atoms with Gasteiger partial charge in [-0.1, -0.05) is 0 Å². The Kier molecular flexibility index (Phi) is 2.58. The lowest BCUT2D eigenvalue weighted by atomic mass is 10.3. The Balaban J connectivity index is 2.27. The minimum Gasteiger partial charge on any atom is -0.329 e. The van der Waals surface area contributed by atoms with Gasteiger partial charge in [-0.3, -0.25) is 4.68 Å². The van der Waals surface area contributed by atoms with Crippen LogP contribution in [0.5, 0.6) is 0 Å². The summed E-state index contributed by atoms with van der Waals surface area (Å²) in [5, 5.41) is 4.42. The Labute approximate surface area is 89.6 Å². The highest BCUT2D eigenvalue weighted by Crippen LogP contribution is 2.07. The van der Waals surface area contributed by atoms with Crippen molar-refractivity contribution in [1.82, 2.24) is 19.3 Å². The maximum atomic E-state index is 4.42. The van der Waals surface area contributed by atoms with Gasteiger partial charge in [-0.2, -0.15) is 5.10 Å². The fraction of sp³-hybridized carbons (Fsp3) is 0.455. The molecule has 0 radical (unpaired) electrons. The zero-order valence-electron chi connectivity index (χ0n) is 9.44. The van der Waals surface area contributed by atoms with E-state index in [9.17, 15) is 0 Å². The van der Waals surface area contributed by atoms with E-state index < -0.39 is 0 Å². The standard InChI is InChI=1S/C11H16N4/c1-4-15-11(7-9(2)13-15)8-14-6-5-12-10(14)3/h5-7H,4,8H2,1-3H3. The molecule has 0 N–H and O–H groups in total. The molecule has 0 aliphatic rings. The van der Waals surface area contributed by atoms with Crippen LogP contribution in [-0.4, -0.2) is 19.3 Å². The van der Waals surface area contributed by atoms with Crippen LogP contribution in [0.3, 0.4) is 0 Å². The van der Waals surface area contributed by atoms with Gasteiger partial charge in [-0.25, -0.2) is 4.98 Å². The Morgan fingerprint density at radius 1 is 1.33 bits per heavy atom. The van der Waals surface area contributed by atoms with E-state index in [-0.39, 0.29) is 0 Å². The molecule has 80 valence electrons. The third kappa shape index (κ3) is 1.93. The van der Waals surface area contributed by atoms with Gasteiger partial charge in [-0.05, 0) is 26.8 Å². The summed E-state index contributed by atoms with van der Waals surface area (Å²) in [5.41, 5.74) is 2.31. The van der Waals surface area contributed by atoms with E-state index in [1.165, 1.54) is 5.69 Å². The van der Waals surface area contributed by atoms with Crippen LogP contribution in [0.15, 0.2) is 18.5 Å². The Morgan fingerprint density at radius 2 is 2.13 bits per heavy atom. The van der Waals surface area contributed by atoms with Gasteiger partial charge in [0.25, 0.3) is 0 Å². The fourth-order valence-corrected chi connectivity index (χ4v) is 1.75. The molecule has 0 aromatic carbocycles. The van der Waals surface area contributed by atoms with Crippen molar-refractivity contribution in [2.24, 2.45) is 0 Å². The lowest BCUT2D eigenvalue weighted by Gasteiger charge is -2.06. The lowest BCUT2D eigenvalue weighted by molar-refractivity contribution is 0.593. The van der Waals surface area contributed by atoms with Gasteiger partial charge in [0.15, 0.2) is 0 Å². The molecule has 0 atom stereocenters. The summed E-state index contributed by atoms with van der Waals surface area (Å²) in [5.74, 6) is 1.04. The van der Waals surface area contributed by atoms with Crippen molar-refractivity contribution in [2.45, 2.75) is 33.9 Å². The first-order valence-electron chi connectivity index (χ1n) is 5.21. The van der Waals surface area contributed by atoms with Crippen LogP contribution in [0.1, 0.15) is 24.1 Å². The normalized spacial score (nSPS) is 10.9. The van der Waals surface area contributed by atoms with E-state index in [4.69, 9.17) is 0 Å². The largest absolute Gasteiger partial charge is 0.329 e. The monoisotopic (exact) mass is 204 g/mol. The topological polar surface area (TPSA) is 35.6 Å². The number of hydrogen-bond acceptors (Lipinski definition) is 2. The number of nitrogens with zero attached hydrogens (tertiary/aromatic N) is 4. The molecule has 0 spiro atoms. The predicted octanol–water partition coefficient (Wildman–Crippen LogP) is 1.76. The van der Waals surface area contributed by atoms with Crippen LogP contribution in [0, 0.1) is 13.8 Å². The van der Waals surface area contributed by atoms with Gasteiger partial charge in [0, 0.05) is 18.9 Å². The molecule has 0 aliphatic heterocycles. The quantitative estimate of drug-likeness (QED) is 0.763. The van der Waals surface area contributed by atoms with Gasteiger partial charge in [0.1, 0.15) is 5.82 Å². The summed E-state index contributed by atoms with van der Waals surface area (Å²) in [6.45, 7) is 7.91. The third-order valence-electron chi connectivity index (χ3n) is 2.54. The van der Waals surface area contributed by atoms with Crippen molar-refractivity contribution < 1.29 is 0 Å². The molecule has 0 saturated carbocycles. The summed E-state index contributed by atoms with van der Waals surface area (Å²) in [6, 6.07) is 2.13. The molecule has 4 nitrogen and oxygen atoms in total. The molecule has 2 aromatic heterocycles. The highest BCUT2D eigenvalue weighted by atomic mass is 15.3. The highest BCUT2D eigenvalue weighted by Gasteiger charge is 2.05. The Hall–Kier alpha value is -1.58. The summed E-state index contributed by atoms with van der Waals surface area (Å²) < 4.78 is 4.16.